The number of rotatable bonds is 5. The van der Waals surface area contributed by atoms with E-state index in [2.05, 4.69) is 15.5 Å². The second kappa shape index (κ2) is 8.14. The van der Waals surface area contributed by atoms with Gasteiger partial charge in [-0.25, -0.2) is 9.97 Å². The maximum absolute atomic E-state index is 9.36. The van der Waals surface area contributed by atoms with Gasteiger partial charge in [0.05, 0.1) is 11.9 Å². The Bertz CT molecular complexity index is 1020. The zero-order valence-electron chi connectivity index (χ0n) is 15.0. The molecule has 4 aromatic rings. The lowest BCUT2D eigenvalue weighted by Crippen LogP contribution is -1.99. The van der Waals surface area contributed by atoms with Gasteiger partial charge in [0.15, 0.2) is 11.6 Å². The van der Waals surface area contributed by atoms with Gasteiger partial charge in [-0.3, -0.25) is 5.43 Å². The second-order valence-corrected chi connectivity index (χ2v) is 6.16. The van der Waals surface area contributed by atoms with Crippen LogP contribution in [-0.2, 0) is 0 Å². The summed E-state index contributed by atoms with van der Waals surface area (Å²) in [6.45, 7) is 0. The fourth-order valence-electron chi connectivity index (χ4n) is 2.71. The molecule has 2 N–H and O–H groups in total. The molecule has 0 radical (unpaired) electrons. The van der Waals surface area contributed by atoms with Gasteiger partial charge in [0.1, 0.15) is 5.75 Å². The summed E-state index contributed by atoms with van der Waals surface area (Å²) in [6.07, 6.45) is 1.67. The Morgan fingerprint density at radius 2 is 1.39 bits per heavy atom. The van der Waals surface area contributed by atoms with E-state index in [1.54, 1.807) is 30.5 Å². The molecule has 136 valence electrons. The van der Waals surface area contributed by atoms with Crippen LogP contribution in [0.1, 0.15) is 5.56 Å². The van der Waals surface area contributed by atoms with E-state index in [-0.39, 0.29) is 5.75 Å². The van der Waals surface area contributed by atoms with Gasteiger partial charge in [-0.2, -0.15) is 5.10 Å². The molecular weight excluding hydrogens is 348 g/mol. The molecule has 0 atom stereocenters. The van der Waals surface area contributed by atoms with Crippen molar-refractivity contribution in [2.24, 2.45) is 5.10 Å². The van der Waals surface area contributed by atoms with Crippen molar-refractivity contribution >= 4 is 12.0 Å². The molecule has 0 aliphatic rings. The lowest BCUT2D eigenvalue weighted by Gasteiger charge is -2.08. The highest BCUT2D eigenvalue weighted by molar-refractivity contribution is 5.80. The Kier molecular flexibility index (Phi) is 5.06. The SMILES string of the molecule is Oc1ccc(C=NNc2cc(-c3ccccc3)nc(-c3ccccc3)n2)cc1. The number of nitrogens with one attached hydrogen (secondary N) is 1. The van der Waals surface area contributed by atoms with Gasteiger partial charge in [-0.1, -0.05) is 60.7 Å². The molecule has 0 spiro atoms. The number of aromatic hydroxyl groups is 1. The molecule has 0 unspecified atom stereocenters. The van der Waals surface area contributed by atoms with E-state index in [0.717, 1.165) is 22.4 Å². The van der Waals surface area contributed by atoms with Gasteiger partial charge in [-0.05, 0) is 29.8 Å². The Morgan fingerprint density at radius 3 is 2.07 bits per heavy atom. The summed E-state index contributed by atoms with van der Waals surface area (Å²) in [6, 6.07) is 28.5. The molecular formula is C23H18N4O. The van der Waals surface area contributed by atoms with E-state index in [0.29, 0.717) is 11.6 Å². The van der Waals surface area contributed by atoms with Crippen LogP contribution in [0.2, 0.25) is 0 Å². The standard InChI is InChI=1S/C23H18N4O/c28-20-13-11-17(12-14-20)16-24-27-22-15-21(18-7-3-1-4-8-18)25-23(26-22)19-9-5-2-6-10-19/h1-16,28H,(H,25,26,27). The highest BCUT2D eigenvalue weighted by atomic mass is 16.3. The van der Waals surface area contributed by atoms with Gasteiger partial charge in [0.25, 0.3) is 0 Å². The molecule has 0 saturated heterocycles. The number of phenols is 1. The minimum Gasteiger partial charge on any atom is -0.508 e. The highest BCUT2D eigenvalue weighted by Crippen LogP contribution is 2.24. The van der Waals surface area contributed by atoms with E-state index in [4.69, 9.17) is 4.98 Å². The van der Waals surface area contributed by atoms with E-state index >= 15 is 0 Å². The lowest BCUT2D eigenvalue weighted by molar-refractivity contribution is 0.475. The molecule has 0 amide bonds. The Labute approximate surface area is 163 Å². The molecule has 4 rings (SSSR count). The molecule has 0 aliphatic carbocycles. The van der Waals surface area contributed by atoms with Gasteiger partial charge >= 0.3 is 0 Å². The van der Waals surface area contributed by atoms with Crippen molar-refractivity contribution in [3.05, 3.63) is 96.6 Å². The number of hydrogen-bond donors (Lipinski definition) is 2. The summed E-state index contributed by atoms with van der Waals surface area (Å²) in [4.78, 5) is 9.32. The largest absolute Gasteiger partial charge is 0.508 e. The number of benzene rings is 3. The number of hydrazone groups is 1. The van der Waals surface area contributed by atoms with Crippen LogP contribution in [0.5, 0.6) is 5.75 Å². The first-order valence-corrected chi connectivity index (χ1v) is 8.86. The Hall–Kier alpha value is -3.99. The zero-order chi connectivity index (χ0) is 19.2. The third kappa shape index (κ3) is 4.22. The molecule has 0 aliphatic heterocycles. The predicted molar refractivity (Wildman–Crippen MR) is 112 cm³/mol. The van der Waals surface area contributed by atoms with Crippen LogP contribution in [0.4, 0.5) is 5.82 Å². The monoisotopic (exact) mass is 366 g/mol. The van der Waals surface area contributed by atoms with Gasteiger partial charge in [-0.15, -0.1) is 0 Å². The summed E-state index contributed by atoms with van der Waals surface area (Å²) in [7, 11) is 0. The van der Waals surface area contributed by atoms with Crippen molar-refractivity contribution in [2.75, 3.05) is 5.43 Å². The zero-order valence-corrected chi connectivity index (χ0v) is 15.0. The summed E-state index contributed by atoms with van der Waals surface area (Å²) in [5.74, 6) is 1.45. The quantitative estimate of drug-likeness (QED) is 0.387. The maximum Gasteiger partial charge on any atom is 0.162 e. The van der Waals surface area contributed by atoms with Crippen LogP contribution in [0, 0.1) is 0 Å². The van der Waals surface area contributed by atoms with Gasteiger partial charge in [0, 0.05) is 17.2 Å². The summed E-state index contributed by atoms with van der Waals surface area (Å²) in [5.41, 5.74) is 6.61. The third-order valence-electron chi connectivity index (χ3n) is 4.11. The number of phenolic OH excluding ortho intramolecular Hbond substituents is 1. The maximum atomic E-state index is 9.36. The van der Waals surface area contributed by atoms with Crippen LogP contribution in [0.25, 0.3) is 22.6 Å². The average molecular weight is 366 g/mol. The minimum absolute atomic E-state index is 0.223. The predicted octanol–water partition coefficient (Wildman–Crippen LogP) is 4.96. The van der Waals surface area contributed by atoms with Crippen molar-refractivity contribution < 1.29 is 5.11 Å². The second-order valence-electron chi connectivity index (χ2n) is 6.16. The van der Waals surface area contributed by atoms with Crippen LogP contribution in [0.3, 0.4) is 0 Å². The van der Waals surface area contributed by atoms with E-state index in [1.807, 2.05) is 66.7 Å². The molecule has 1 heterocycles. The fraction of sp³-hybridized carbons (Fsp3) is 0. The third-order valence-corrected chi connectivity index (χ3v) is 4.11. The number of aromatic nitrogens is 2. The van der Waals surface area contributed by atoms with Crippen molar-refractivity contribution in [1.29, 1.82) is 0 Å². The molecule has 0 saturated carbocycles. The molecule has 3 aromatic carbocycles. The molecule has 5 nitrogen and oxygen atoms in total. The molecule has 0 fully saturated rings. The normalized spacial score (nSPS) is 10.9. The smallest absolute Gasteiger partial charge is 0.162 e. The number of hydrogen-bond acceptors (Lipinski definition) is 5. The first-order chi connectivity index (χ1) is 13.8. The highest BCUT2D eigenvalue weighted by Gasteiger charge is 2.08. The molecule has 5 heteroatoms. The summed E-state index contributed by atoms with van der Waals surface area (Å²) in [5, 5.41) is 13.6. The van der Waals surface area contributed by atoms with E-state index < -0.39 is 0 Å². The first kappa shape index (κ1) is 17.4. The lowest BCUT2D eigenvalue weighted by atomic mass is 10.1. The topological polar surface area (TPSA) is 70.4 Å². The van der Waals surface area contributed by atoms with Crippen molar-refractivity contribution in [2.45, 2.75) is 0 Å². The molecule has 1 aromatic heterocycles. The van der Waals surface area contributed by atoms with Crippen molar-refractivity contribution in [3.8, 4) is 28.4 Å². The minimum atomic E-state index is 0.223. The van der Waals surface area contributed by atoms with Crippen molar-refractivity contribution in [3.63, 3.8) is 0 Å². The van der Waals surface area contributed by atoms with E-state index in [1.165, 1.54) is 0 Å². The number of nitrogens with zero attached hydrogens (tertiary/aromatic N) is 3. The van der Waals surface area contributed by atoms with Crippen LogP contribution in [0.15, 0.2) is 96.1 Å². The van der Waals surface area contributed by atoms with Crippen LogP contribution in [-0.4, -0.2) is 21.3 Å². The van der Waals surface area contributed by atoms with Gasteiger partial charge in [0.2, 0.25) is 0 Å². The van der Waals surface area contributed by atoms with Crippen molar-refractivity contribution in [1.82, 2.24) is 9.97 Å². The average Bonchev–Trinajstić information content (AvgIpc) is 2.76. The van der Waals surface area contributed by atoms with Crippen LogP contribution < -0.4 is 5.43 Å². The van der Waals surface area contributed by atoms with E-state index in [9.17, 15) is 5.11 Å². The molecule has 28 heavy (non-hydrogen) atoms. The number of anilines is 1. The van der Waals surface area contributed by atoms with Gasteiger partial charge < -0.3 is 5.11 Å². The summed E-state index contributed by atoms with van der Waals surface area (Å²) >= 11 is 0. The first-order valence-electron chi connectivity index (χ1n) is 8.86. The summed E-state index contributed by atoms with van der Waals surface area (Å²) < 4.78 is 0. The fourth-order valence-corrected chi connectivity index (χ4v) is 2.71. The Morgan fingerprint density at radius 1 is 0.750 bits per heavy atom. The van der Waals surface area contributed by atoms with Crippen LogP contribution >= 0.6 is 0 Å². The molecule has 0 bridgehead atoms. The Balaban J connectivity index is 1.66.